The minimum absolute atomic E-state index is 0.394. The van der Waals surface area contributed by atoms with Gasteiger partial charge in [-0.25, -0.2) is 0 Å². The molecule has 1 atom stereocenters. The van der Waals surface area contributed by atoms with Crippen molar-refractivity contribution in [1.82, 2.24) is 0 Å². The van der Waals surface area contributed by atoms with Crippen molar-refractivity contribution in [3.8, 4) is 0 Å². The molecule has 0 radical (unpaired) electrons. The first-order chi connectivity index (χ1) is 6.37. The van der Waals surface area contributed by atoms with Crippen LogP contribution in [0.15, 0.2) is 0 Å². The van der Waals surface area contributed by atoms with Crippen LogP contribution in [0.2, 0.25) is 0 Å². The average molecular weight is 242 g/mol. The smallest absolute Gasteiger partial charge is 0.377 e. The van der Waals surface area contributed by atoms with Gasteiger partial charge in [0.1, 0.15) is 6.04 Å². The molecule has 0 amide bonds. The Balaban J connectivity index is 3.82. The Bertz CT molecular complexity index is 232. The quantitative estimate of drug-likeness (QED) is 0.355. The maximum absolute atomic E-state index is 11.0. The fraction of sp³-hybridized carbons (Fsp3) is 0.833. The molecule has 0 spiro atoms. The van der Waals surface area contributed by atoms with E-state index in [2.05, 4.69) is 16.3 Å². The number of hydrogen-bond acceptors (Lipinski definition) is 5. The Morgan fingerprint density at radius 2 is 2.07 bits per heavy atom. The molecule has 14 heavy (non-hydrogen) atoms. The molecule has 0 saturated carbocycles. The van der Waals surface area contributed by atoms with Gasteiger partial charge in [-0.15, -0.1) is 0 Å². The van der Waals surface area contributed by atoms with Gasteiger partial charge in [-0.05, 0) is 19.4 Å². The Labute approximate surface area is 87.5 Å². The van der Waals surface area contributed by atoms with Crippen LogP contribution in [-0.4, -0.2) is 28.3 Å². The van der Waals surface area contributed by atoms with Gasteiger partial charge in [-0.3, -0.25) is 4.79 Å². The fourth-order valence-corrected chi connectivity index (χ4v) is 1.40. The van der Waals surface area contributed by atoms with Crippen molar-refractivity contribution in [2.75, 3.05) is 6.54 Å². The van der Waals surface area contributed by atoms with Crippen LogP contribution >= 0.6 is 6.72 Å². The third-order valence-electron chi connectivity index (χ3n) is 1.48. The summed E-state index contributed by atoms with van der Waals surface area (Å²) in [5.74, 6) is -0.879. The molecule has 0 rings (SSSR count). The molecule has 0 aliphatic heterocycles. The van der Waals surface area contributed by atoms with Crippen molar-refractivity contribution >= 4 is 24.5 Å². The van der Waals surface area contributed by atoms with Gasteiger partial charge in [0.05, 0.1) is 0 Å². The molecule has 0 heterocycles. The van der Waals surface area contributed by atoms with Gasteiger partial charge < -0.3 is 25.8 Å². The third kappa shape index (κ3) is 7.37. The molecule has 6 N–H and O–H groups in total. The maximum atomic E-state index is 11.0. The molecule has 0 aliphatic carbocycles. The molecule has 0 fully saturated rings. The standard InChI is InChI=1S/C6H15N2O4PS/c7-4-2-1-3-5(8)6(9)12-13(10,11)14/h5H,1-4,7-8H2,(H2,10,11,14)/t5-/m0/s1. The number of nitrogens with two attached hydrogens (primary N) is 2. The number of carbonyl (C=O) groups excluding carboxylic acids is 1. The van der Waals surface area contributed by atoms with Crippen molar-refractivity contribution in [1.29, 1.82) is 0 Å². The lowest BCUT2D eigenvalue weighted by atomic mass is 10.1. The van der Waals surface area contributed by atoms with Gasteiger partial charge in [-0.1, -0.05) is 6.42 Å². The Morgan fingerprint density at radius 1 is 1.50 bits per heavy atom. The van der Waals surface area contributed by atoms with E-state index in [1.165, 1.54) is 0 Å². The number of carbonyl (C=O) groups is 1. The van der Waals surface area contributed by atoms with Crippen LogP contribution in [0.5, 0.6) is 0 Å². The van der Waals surface area contributed by atoms with E-state index in [1.54, 1.807) is 0 Å². The SMILES string of the molecule is NCCCC[C@H](N)C(=O)OP(O)(O)=S. The maximum Gasteiger partial charge on any atom is 0.377 e. The summed E-state index contributed by atoms with van der Waals surface area (Å²) >= 11 is 4.12. The second kappa shape index (κ2) is 6.44. The number of hydrogen-bond donors (Lipinski definition) is 4. The van der Waals surface area contributed by atoms with E-state index in [0.29, 0.717) is 19.4 Å². The minimum atomic E-state index is -3.94. The van der Waals surface area contributed by atoms with Crippen molar-refractivity contribution < 1.29 is 19.1 Å². The van der Waals surface area contributed by atoms with Crippen LogP contribution in [-0.2, 0) is 21.1 Å². The van der Waals surface area contributed by atoms with Gasteiger partial charge in [0.25, 0.3) is 0 Å². The van der Waals surface area contributed by atoms with Crippen LogP contribution in [0.4, 0.5) is 0 Å². The van der Waals surface area contributed by atoms with Gasteiger partial charge >= 0.3 is 12.7 Å². The molecule has 0 aromatic rings. The Morgan fingerprint density at radius 3 is 2.50 bits per heavy atom. The molecule has 0 aromatic carbocycles. The van der Waals surface area contributed by atoms with E-state index < -0.39 is 18.7 Å². The van der Waals surface area contributed by atoms with Crippen LogP contribution < -0.4 is 11.5 Å². The molecule has 0 aliphatic rings. The zero-order valence-electron chi connectivity index (χ0n) is 7.63. The van der Waals surface area contributed by atoms with Gasteiger partial charge in [0.15, 0.2) is 0 Å². The lowest BCUT2D eigenvalue weighted by Crippen LogP contribution is -2.31. The summed E-state index contributed by atoms with van der Waals surface area (Å²) in [5.41, 5.74) is 10.6. The molecular formula is C6H15N2O4PS. The first-order valence-corrected chi connectivity index (χ1v) is 6.74. The zero-order valence-corrected chi connectivity index (χ0v) is 9.34. The van der Waals surface area contributed by atoms with E-state index in [0.717, 1.165) is 6.42 Å². The number of rotatable bonds is 6. The molecule has 0 bridgehead atoms. The second-order valence-electron chi connectivity index (χ2n) is 2.79. The largest absolute Gasteiger partial charge is 0.390 e. The van der Waals surface area contributed by atoms with Crippen LogP contribution in [0.1, 0.15) is 19.3 Å². The van der Waals surface area contributed by atoms with E-state index in [-0.39, 0.29) is 0 Å². The highest BCUT2D eigenvalue weighted by Gasteiger charge is 2.21. The first kappa shape index (κ1) is 14.0. The first-order valence-electron chi connectivity index (χ1n) is 4.11. The average Bonchev–Trinajstić information content (AvgIpc) is 2.01. The second-order valence-corrected chi connectivity index (χ2v) is 5.38. The zero-order chi connectivity index (χ0) is 11.2. The summed E-state index contributed by atoms with van der Waals surface area (Å²) in [6.07, 6.45) is 1.84. The monoisotopic (exact) mass is 242 g/mol. The van der Waals surface area contributed by atoms with E-state index in [1.807, 2.05) is 0 Å². The van der Waals surface area contributed by atoms with Gasteiger partial charge in [0, 0.05) is 11.8 Å². The molecule has 6 nitrogen and oxygen atoms in total. The summed E-state index contributed by atoms with van der Waals surface area (Å²) in [4.78, 5) is 28.4. The summed E-state index contributed by atoms with van der Waals surface area (Å²) in [6, 6.07) is -0.872. The predicted molar refractivity (Wildman–Crippen MR) is 55.7 cm³/mol. The van der Waals surface area contributed by atoms with E-state index in [9.17, 15) is 4.79 Å². The topological polar surface area (TPSA) is 119 Å². The van der Waals surface area contributed by atoms with Crippen molar-refractivity contribution in [3.05, 3.63) is 0 Å². The highest BCUT2D eigenvalue weighted by Crippen LogP contribution is 2.36. The highest BCUT2D eigenvalue weighted by molar-refractivity contribution is 8.06. The fourth-order valence-electron chi connectivity index (χ4n) is 0.811. The molecule has 84 valence electrons. The van der Waals surface area contributed by atoms with Crippen molar-refractivity contribution in [2.24, 2.45) is 11.5 Å². The normalized spacial score (nSPS) is 13.7. The highest BCUT2D eigenvalue weighted by atomic mass is 32.5. The lowest BCUT2D eigenvalue weighted by molar-refractivity contribution is -0.136. The molecule has 0 saturated heterocycles. The van der Waals surface area contributed by atoms with Crippen LogP contribution in [0.25, 0.3) is 0 Å². The van der Waals surface area contributed by atoms with E-state index in [4.69, 9.17) is 21.3 Å². The predicted octanol–water partition coefficient (Wildman–Crippen LogP) is -0.805. The molecule has 8 heteroatoms. The summed E-state index contributed by atoms with van der Waals surface area (Å²) < 4.78 is 4.17. The van der Waals surface area contributed by atoms with E-state index >= 15 is 0 Å². The number of unbranched alkanes of at least 4 members (excludes halogenated alkanes) is 1. The summed E-state index contributed by atoms with van der Waals surface area (Å²) in [5, 5.41) is 0. The van der Waals surface area contributed by atoms with Crippen molar-refractivity contribution in [2.45, 2.75) is 25.3 Å². The summed E-state index contributed by atoms with van der Waals surface area (Å²) in [6.45, 7) is -3.41. The summed E-state index contributed by atoms with van der Waals surface area (Å²) in [7, 11) is 0. The third-order valence-corrected chi connectivity index (χ3v) is 2.12. The lowest BCUT2D eigenvalue weighted by Gasteiger charge is -2.13. The van der Waals surface area contributed by atoms with Gasteiger partial charge in [-0.2, -0.15) is 0 Å². The van der Waals surface area contributed by atoms with Crippen molar-refractivity contribution in [3.63, 3.8) is 0 Å². The minimum Gasteiger partial charge on any atom is -0.390 e. The van der Waals surface area contributed by atoms with Gasteiger partial charge in [0.2, 0.25) is 0 Å². The molecule has 0 unspecified atom stereocenters. The van der Waals surface area contributed by atoms with Crippen LogP contribution in [0, 0.1) is 0 Å². The van der Waals surface area contributed by atoms with Crippen LogP contribution in [0.3, 0.4) is 0 Å². The molecule has 0 aromatic heterocycles. The Hall–Kier alpha value is -0.0400. The Kier molecular flexibility index (Phi) is 6.43. The molecular weight excluding hydrogens is 227 g/mol.